The lowest BCUT2D eigenvalue weighted by Crippen LogP contribution is -2.63. The standard InChI is InChI=1S/C38H42O16/c1-18(2)10-15-26-27(52-38-37(51-23(7)43)36(50-22(6)42)34(48-20(4)40)29(53-38)17-47-19(3)39)16-28(46-9)30-31(44)35(49-21(5)41)32(54-33(26)30)24-11-13-25(45-8)14-12-24/h10-14,16,29,34,36-38H,15,17H2,1-9H3/t29?,34-,36+,37-,38-/m1/s1. The van der Waals surface area contributed by atoms with Gasteiger partial charge in [0.2, 0.25) is 23.6 Å². The molecule has 0 radical (unpaired) electrons. The fourth-order valence-corrected chi connectivity index (χ4v) is 5.69. The number of fused-ring (bicyclic) bond motifs is 1. The summed E-state index contributed by atoms with van der Waals surface area (Å²) in [6.07, 6.45) is -5.48. The van der Waals surface area contributed by atoms with Crippen LogP contribution < -0.4 is 24.4 Å². The maximum absolute atomic E-state index is 14.3. The molecule has 0 bridgehead atoms. The van der Waals surface area contributed by atoms with E-state index < -0.39 is 72.6 Å². The molecule has 0 amide bonds. The van der Waals surface area contributed by atoms with E-state index in [1.54, 1.807) is 24.3 Å². The quantitative estimate of drug-likeness (QED) is 0.135. The van der Waals surface area contributed by atoms with E-state index in [9.17, 15) is 28.8 Å². The van der Waals surface area contributed by atoms with Crippen LogP contribution in [-0.2, 0) is 54.1 Å². The molecule has 0 spiro atoms. The Bertz CT molecular complexity index is 1990. The first-order valence-corrected chi connectivity index (χ1v) is 16.7. The van der Waals surface area contributed by atoms with Gasteiger partial charge in [0.15, 0.2) is 18.0 Å². The highest BCUT2D eigenvalue weighted by Crippen LogP contribution is 2.42. The van der Waals surface area contributed by atoms with Crippen LogP contribution in [0.1, 0.15) is 54.0 Å². The molecule has 0 saturated carbocycles. The van der Waals surface area contributed by atoms with Crippen molar-refractivity contribution in [1.82, 2.24) is 0 Å². The number of carbonyl (C=O) groups excluding carboxylic acids is 5. The van der Waals surface area contributed by atoms with Crippen molar-refractivity contribution in [2.24, 2.45) is 0 Å². The zero-order valence-corrected chi connectivity index (χ0v) is 31.3. The number of esters is 5. The molecule has 54 heavy (non-hydrogen) atoms. The number of benzene rings is 2. The smallest absolute Gasteiger partial charge is 0.308 e. The lowest BCUT2D eigenvalue weighted by Gasteiger charge is -2.44. The Labute approximate surface area is 310 Å². The summed E-state index contributed by atoms with van der Waals surface area (Å²) in [7, 11) is 2.79. The van der Waals surface area contributed by atoms with Gasteiger partial charge in [-0.15, -0.1) is 0 Å². The van der Waals surface area contributed by atoms with Crippen LogP contribution >= 0.6 is 0 Å². The molecule has 0 N–H and O–H groups in total. The van der Waals surface area contributed by atoms with Crippen LogP contribution in [0.3, 0.4) is 0 Å². The Morgan fingerprint density at radius 1 is 0.741 bits per heavy atom. The monoisotopic (exact) mass is 754 g/mol. The zero-order chi connectivity index (χ0) is 39.9. The van der Waals surface area contributed by atoms with E-state index in [-0.39, 0.29) is 46.0 Å². The van der Waals surface area contributed by atoms with Crippen LogP contribution in [0.15, 0.2) is 51.2 Å². The largest absolute Gasteiger partial charge is 0.497 e. The molecule has 0 aliphatic carbocycles. The van der Waals surface area contributed by atoms with Gasteiger partial charge >= 0.3 is 29.8 Å². The van der Waals surface area contributed by atoms with Crippen LogP contribution in [0, 0.1) is 0 Å². The molecule has 5 atom stereocenters. The third-order valence-electron chi connectivity index (χ3n) is 7.87. The molecule has 1 unspecified atom stereocenters. The minimum atomic E-state index is -1.62. The summed E-state index contributed by atoms with van der Waals surface area (Å²) in [5, 5.41) is -0.0861. The van der Waals surface area contributed by atoms with E-state index in [4.69, 9.17) is 47.0 Å². The molecule has 16 nitrogen and oxygen atoms in total. The predicted octanol–water partition coefficient (Wildman–Crippen LogP) is 4.37. The summed E-state index contributed by atoms with van der Waals surface area (Å²) < 4.78 is 57.2. The fourth-order valence-electron chi connectivity index (χ4n) is 5.69. The van der Waals surface area contributed by atoms with Crippen LogP contribution in [0.4, 0.5) is 0 Å². The lowest BCUT2D eigenvalue weighted by molar-refractivity contribution is -0.288. The van der Waals surface area contributed by atoms with Gasteiger partial charge in [0.05, 0.1) is 14.2 Å². The normalized spacial score (nSPS) is 19.2. The van der Waals surface area contributed by atoms with E-state index in [0.717, 1.165) is 40.2 Å². The lowest BCUT2D eigenvalue weighted by atomic mass is 9.97. The number of rotatable bonds is 13. The summed E-state index contributed by atoms with van der Waals surface area (Å²) in [6, 6.07) is 7.85. The molecule has 2 heterocycles. The van der Waals surface area contributed by atoms with E-state index in [1.165, 1.54) is 20.3 Å². The highest BCUT2D eigenvalue weighted by molar-refractivity contribution is 5.92. The van der Waals surface area contributed by atoms with Gasteiger partial charge in [-0.1, -0.05) is 11.6 Å². The number of hydrogen-bond donors (Lipinski definition) is 0. The van der Waals surface area contributed by atoms with E-state index in [2.05, 4.69) is 0 Å². The number of allylic oxidation sites excluding steroid dienone is 2. The van der Waals surface area contributed by atoms with Gasteiger partial charge in [0.1, 0.15) is 40.9 Å². The fraction of sp³-hybridized carbons (Fsp3) is 0.421. The molecular formula is C38H42O16. The van der Waals surface area contributed by atoms with Crippen LogP contribution in [0.2, 0.25) is 0 Å². The van der Waals surface area contributed by atoms with Crippen molar-refractivity contribution >= 4 is 40.8 Å². The first-order valence-electron chi connectivity index (χ1n) is 16.7. The molecule has 1 aliphatic rings. The minimum absolute atomic E-state index is 0.00168. The Balaban J connectivity index is 2.03. The zero-order valence-electron chi connectivity index (χ0n) is 31.3. The van der Waals surface area contributed by atoms with Crippen LogP contribution in [-0.4, -0.2) is 81.4 Å². The summed E-state index contributed by atoms with van der Waals surface area (Å²) in [5.41, 5.74) is 0.780. The Kier molecular flexibility index (Phi) is 13.4. The topological polar surface area (TPSA) is 199 Å². The maximum Gasteiger partial charge on any atom is 0.308 e. The van der Waals surface area contributed by atoms with Crippen molar-refractivity contribution in [2.75, 3.05) is 20.8 Å². The van der Waals surface area contributed by atoms with Gasteiger partial charge < -0.3 is 47.0 Å². The van der Waals surface area contributed by atoms with Gasteiger partial charge in [-0.2, -0.15) is 0 Å². The number of carbonyl (C=O) groups is 5. The minimum Gasteiger partial charge on any atom is -0.497 e. The molecule has 290 valence electrons. The van der Waals surface area contributed by atoms with Crippen molar-refractivity contribution in [3.05, 3.63) is 57.8 Å². The number of ether oxygens (including phenoxy) is 9. The number of hydrogen-bond acceptors (Lipinski definition) is 16. The van der Waals surface area contributed by atoms with Gasteiger partial charge in [-0.3, -0.25) is 28.8 Å². The third-order valence-corrected chi connectivity index (χ3v) is 7.87. The van der Waals surface area contributed by atoms with E-state index in [1.807, 2.05) is 19.9 Å². The second-order valence-corrected chi connectivity index (χ2v) is 12.3. The third kappa shape index (κ3) is 9.74. The van der Waals surface area contributed by atoms with Crippen molar-refractivity contribution < 1.29 is 71.0 Å². The van der Waals surface area contributed by atoms with Gasteiger partial charge in [-0.05, 0) is 44.5 Å². The van der Waals surface area contributed by atoms with Crippen molar-refractivity contribution in [3.8, 4) is 34.3 Å². The Morgan fingerprint density at radius 3 is 1.89 bits per heavy atom. The molecule has 4 rings (SSSR count). The Morgan fingerprint density at radius 2 is 1.35 bits per heavy atom. The summed E-state index contributed by atoms with van der Waals surface area (Å²) >= 11 is 0. The van der Waals surface area contributed by atoms with E-state index in [0.29, 0.717) is 11.3 Å². The molecule has 1 fully saturated rings. The summed E-state index contributed by atoms with van der Waals surface area (Å²) in [4.78, 5) is 75.4. The number of methoxy groups -OCH3 is 2. The summed E-state index contributed by atoms with van der Waals surface area (Å²) in [5.74, 6) is -3.94. The Hall–Kier alpha value is -5.90. The summed E-state index contributed by atoms with van der Waals surface area (Å²) in [6.45, 7) is 8.82. The SMILES string of the molecule is COc1ccc(-c2oc3c(CC=C(C)C)c(O[C@@H]4OC(COC(C)=O)[C@@H](OC(C)=O)[C@H](OC(C)=O)[C@H]4OC(C)=O)cc(OC)c3c(=O)c2OC(C)=O)cc1. The molecule has 1 saturated heterocycles. The molecular weight excluding hydrogens is 712 g/mol. The highest BCUT2D eigenvalue weighted by atomic mass is 16.7. The van der Waals surface area contributed by atoms with Crippen molar-refractivity contribution in [1.29, 1.82) is 0 Å². The first-order chi connectivity index (χ1) is 25.5. The van der Waals surface area contributed by atoms with Gasteiger partial charge in [0, 0.05) is 51.8 Å². The molecule has 3 aromatic rings. The van der Waals surface area contributed by atoms with Crippen LogP contribution in [0.25, 0.3) is 22.3 Å². The van der Waals surface area contributed by atoms with Crippen LogP contribution in [0.5, 0.6) is 23.0 Å². The van der Waals surface area contributed by atoms with E-state index >= 15 is 0 Å². The highest BCUT2D eigenvalue weighted by Gasteiger charge is 2.53. The van der Waals surface area contributed by atoms with Gasteiger partial charge in [0.25, 0.3) is 0 Å². The molecule has 2 aromatic carbocycles. The average molecular weight is 755 g/mol. The molecule has 1 aliphatic heterocycles. The second kappa shape index (κ2) is 17.7. The predicted molar refractivity (Wildman–Crippen MR) is 188 cm³/mol. The second-order valence-electron chi connectivity index (χ2n) is 12.3. The van der Waals surface area contributed by atoms with Crippen molar-refractivity contribution in [3.63, 3.8) is 0 Å². The maximum atomic E-state index is 14.3. The molecule has 16 heteroatoms. The van der Waals surface area contributed by atoms with Gasteiger partial charge in [-0.25, -0.2) is 0 Å². The average Bonchev–Trinajstić information content (AvgIpc) is 3.09. The molecule has 1 aromatic heterocycles. The first kappa shape index (κ1) is 40.9. The van der Waals surface area contributed by atoms with Crippen molar-refractivity contribution in [2.45, 2.75) is 85.6 Å².